The molecule has 4 rings (SSSR count). The van der Waals surface area contributed by atoms with Crippen LogP contribution >= 0.6 is 0 Å². The zero-order valence-corrected chi connectivity index (χ0v) is 18.9. The first-order valence-corrected chi connectivity index (χ1v) is 10.9. The fourth-order valence-corrected chi connectivity index (χ4v) is 3.67. The maximum Gasteiger partial charge on any atom is 0.277 e. The highest BCUT2D eigenvalue weighted by Crippen LogP contribution is 2.31. The highest BCUT2D eigenvalue weighted by Gasteiger charge is 2.18. The molecule has 9 heteroatoms. The Morgan fingerprint density at radius 2 is 2.00 bits per heavy atom. The Balaban J connectivity index is 1.77. The molecule has 0 aliphatic heterocycles. The lowest BCUT2D eigenvalue weighted by atomic mass is 10.1. The van der Waals surface area contributed by atoms with Gasteiger partial charge in [-0.25, -0.2) is 9.98 Å². The summed E-state index contributed by atoms with van der Waals surface area (Å²) in [5.74, 6) is 1.25. The molecule has 0 aliphatic rings. The van der Waals surface area contributed by atoms with Crippen LogP contribution in [0, 0.1) is 0 Å². The van der Waals surface area contributed by atoms with Crippen LogP contribution in [-0.4, -0.2) is 32.3 Å². The maximum absolute atomic E-state index is 12.9. The van der Waals surface area contributed by atoms with E-state index in [0.717, 1.165) is 24.2 Å². The molecule has 4 aromatic rings. The molecule has 4 N–H and O–H groups in total. The van der Waals surface area contributed by atoms with E-state index in [-0.39, 0.29) is 11.5 Å². The number of ether oxygens (including phenoxy) is 1. The number of aliphatic imine (C=N–C) groups is 1. The number of rotatable bonds is 7. The Bertz CT molecular complexity index is 1360. The average molecular weight is 446 g/mol. The number of hydrogen-bond donors (Lipinski definition) is 3. The number of H-pyrrole nitrogens is 1. The van der Waals surface area contributed by atoms with Crippen LogP contribution in [0.4, 0.5) is 11.4 Å². The number of nitrogens with zero attached hydrogens (tertiary/aromatic N) is 4. The van der Waals surface area contributed by atoms with Crippen molar-refractivity contribution in [3.05, 3.63) is 64.6 Å². The van der Waals surface area contributed by atoms with Crippen LogP contribution in [0.3, 0.4) is 0 Å². The molecule has 0 unspecified atom stereocenters. The van der Waals surface area contributed by atoms with Gasteiger partial charge >= 0.3 is 0 Å². The number of benzene rings is 2. The van der Waals surface area contributed by atoms with Gasteiger partial charge in [-0.2, -0.15) is 5.10 Å². The second-order valence-corrected chi connectivity index (χ2v) is 7.53. The van der Waals surface area contributed by atoms with Crippen molar-refractivity contribution in [1.82, 2.24) is 19.7 Å². The fraction of sp³-hybridized carbons (Fsp3) is 0.250. The number of aromatic nitrogens is 4. The number of hydrogen-bond acceptors (Lipinski definition) is 5. The number of para-hydroxylation sites is 1. The van der Waals surface area contributed by atoms with E-state index in [1.165, 1.54) is 0 Å². The summed E-state index contributed by atoms with van der Waals surface area (Å²) in [7, 11) is 1.75. The van der Waals surface area contributed by atoms with Gasteiger partial charge in [0.2, 0.25) is 0 Å². The molecular weight excluding hydrogens is 418 g/mol. The van der Waals surface area contributed by atoms with E-state index in [4.69, 9.17) is 15.5 Å². The van der Waals surface area contributed by atoms with Gasteiger partial charge in [-0.3, -0.25) is 9.48 Å². The summed E-state index contributed by atoms with van der Waals surface area (Å²) in [6.07, 6.45) is 1.64. The lowest BCUT2D eigenvalue weighted by molar-refractivity contribution is 0.341. The molecule has 0 radical (unpaired) electrons. The van der Waals surface area contributed by atoms with Crippen molar-refractivity contribution < 1.29 is 4.74 Å². The van der Waals surface area contributed by atoms with Gasteiger partial charge in [-0.1, -0.05) is 31.5 Å². The van der Waals surface area contributed by atoms with Gasteiger partial charge < -0.3 is 20.8 Å². The summed E-state index contributed by atoms with van der Waals surface area (Å²) in [5, 5.41) is 7.58. The molecule has 0 aliphatic carbocycles. The van der Waals surface area contributed by atoms with Crippen LogP contribution in [0.5, 0.6) is 5.75 Å². The van der Waals surface area contributed by atoms with Gasteiger partial charge in [0.25, 0.3) is 5.56 Å². The second kappa shape index (κ2) is 9.56. The van der Waals surface area contributed by atoms with E-state index in [9.17, 15) is 4.79 Å². The summed E-state index contributed by atoms with van der Waals surface area (Å²) in [6.45, 7) is 4.44. The van der Waals surface area contributed by atoms with Gasteiger partial charge in [0.05, 0.1) is 23.6 Å². The fourth-order valence-electron chi connectivity index (χ4n) is 3.67. The minimum atomic E-state index is -0.252. The third-order valence-electron chi connectivity index (χ3n) is 5.06. The smallest absolute Gasteiger partial charge is 0.277 e. The van der Waals surface area contributed by atoms with Crippen molar-refractivity contribution in [3.63, 3.8) is 0 Å². The van der Waals surface area contributed by atoms with Crippen molar-refractivity contribution in [2.75, 3.05) is 11.9 Å². The first-order valence-electron chi connectivity index (χ1n) is 10.9. The predicted octanol–water partition coefficient (Wildman–Crippen LogP) is 3.73. The summed E-state index contributed by atoms with van der Waals surface area (Å²) in [6, 6.07) is 14.9. The highest BCUT2D eigenvalue weighted by atomic mass is 16.5. The Labute approximate surface area is 191 Å². The molecule has 9 nitrogen and oxygen atoms in total. The van der Waals surface area contributed by atoms with Gasteiger partial charge in [-0.15, -0.1) is 0 Å². The Morgan fingerprint density at radius 1 is 1.21 bits per heavy atom. The average Bonchev–Trinajstić information content (AvgIpc) is 3.11. The minimum absolute atomic E-state index is 0.241. The van der Waals surface area contributed by atoms with Crippen LogP contribution in [0.15, 0.2) is 58.3 Å². The van der Waals surface area contributed by atoms with Gasteiger partial charge in [0.1, 0.15) is 17.1 Å². The summed E-state index contributed by atoms with van der Waals surface area (Å²) >= 11 is 0. The lowest BCUT2D eigenvalue weighted by Gasteiger charge is -2.13. The molecule has 2 aromatic heterocycles. The zero-order chi connectivity index (χ0) is 23.4. The Morgan fingerprint density at radius 3 is 2.73 bits per heavy atom. The van der Waals surface area contributed by atoms with Crippen LogP contribution < -0.4 is 21.3 Å². The van der Waals surface area contributed by atoms with Crippen molar-refractivity contribution in [1.29, 1.82) is 0 Å². The van der Waals surface area contributed by atoms with Gasteiger partial charge in [-0.05, 0) is 43.7 Å². The van der Waals surface area contributed by atoms with E-state index in [1.54, 1.807) is 11.7 Å². The monoisotopic (exact) mass is 445 g/mol. The highest BCUT2D eigenvalue weighted by molar-refractivity contribution is 5.95. The van der Waals surface area contributed by atoms with Gasteiger partial charge in [0, 0.05) is 12.7 Å². The number of fused-ring (bicyclic) bond motifs is 1. The summed E-state index contributed by atoms with van der Waals surface area (Å²) < 4.78 is 7.39. The molecule has 0 fully saturated rings. The number of anilines is 1. The third kappa shape index (κ3) is 4.72. The van der Waals surface area contributed by atoms with Crippen LogP contribution in [0.25, 0.3) is 22.4 Å². The molecule has 2 heterocycles. The molecule has 0 spiro atoms. The molecule has 0 bridgehead atoms. The largest absolute Gasteiger partial charge is 0.493 e. The first kappa shape index (κ1) is 22.1. The SMILES string of the molecule is CCCc1nn(C)c2c(=O)[nH]c(-c3cc(NC(N)=Nc4ccccc4)ccc3OCC)nc12. The number of aromatic amines is 1. The van der Waals surface area contributed by atoms with E-state index < -0.39 is 0 Å². The molecule has 2 aromatic carbocycles. The van der Waals surface area contributed by atoms with Crippen molar-refractivity contribution in [3.8, 4) is 17.1 Å². The van der Waals surface area contributed by atoms with E-state index in [1.807, 2.05) is 55.5 Å². The topological polar surface area (TPSA) is 123 Å². The number of guanidine groups is 1. The minimum Gasteiger partial charge on any atom is -0.493 e. The summed E-state index contributed by atoms with van der Waals surface area (Å²) in [5.41, 5.74) is 9.77. The number of aryl methyl sites for hydroxylation is 2. The van der Waals surface area contributed by atoms with Crippen molar-refractivity contribution in [2.45, 2.75) is 26.7 Å². The maximum atomic E-state index is 12.9. The molecule has 0 atom stereocenters. The zero-order valence-electron chi connectivity index (χ0n) is 18.9. The normalized spacial score (nSPS) is 11.7. The molecule has 0 saturated heterocycles. The second-order valence-electron chi connectivity index (χ2n) is 7.53. The number of nitrogens with one attached hydrogen (secondary N) is 2. The van der Waals surface area contributed by atoms with Gasteiger partial charge in [0.15, 0.2) is 11.5 Å². The van der Waals surface area contributed by atoms with E-state index in [0.29, 0.717) is 40.5 Å². The van der Waals surface area contributed by atoms with Crippen LogP contribution in [-0.2, 0) is 13.5 Å². The first-order chi connectivity index (χ1) is 16.0. The molecule has 0 saturated carbocycles. The molecule has 0 amide bonds. The standard InChI is InChI=1S/C24H27N7O2/c1-4-9-18-20-21(31(3)30-18)23(32)29-22(28-20)17-14-16(12-13-19(17)33-5-2)27-24(25)26-15-10-7-6-8-11-15/h6-8,10-14H,4-5,9H2,1-3H3,(H3,25,26,27)(H,28,29,32). The summed E-state index contributed by atoms with van der Waals surface area (Å²) in [4.78, 5) is 24.9. The lowest BCUT2D eigenvalue weighted by Crippen LogP contribution is -2.22. The van der Waals surface area contributed by atoms with Crippen molar-refractivity contribution >= 4 is 28.4 Å². The predicted molar refractivity (Wildman–Crippen MR) is 131 cm³/mol. The van der Waals surface area contributed by atoms with E-state index in [2.05, 4.69) is 27.3 Å². The quantitative estimate of drug-likeness (QED) is 0.294. The third-order valence-corrected chi connectivity index (χ3v) is 5.06. The number of nitrogens with two attached hydrogens (primary N) is 1. The molecule has 170 valence electrons. The molecular formula is C24H27N7O2. The van der Waals surface area contributed by atoms with Crippen molar-refractivity contribution in [2.24, 2.45) is 17.8 Å². The van der Waals surface area contributed by atoms with E-state index >= 15 is 0 Å². The van der Waals surface area contributed by atoms with Crippen LogP contribution in [0.1, 0.15) is 26.0 Å². The Kier molecular flexibility index (Phi) is 6.39. The van der Waals surface area contributed by atoms with Crippen LogP contribution in [0.2, 0.25) is 0 Å². The Hall–Kier alpha value is -4.14. The molecule has 33 heavy (non-hydrogen) atoms.